The molecular formula is C79H94O5. The minimum atomic E-state index is -0.327. The zero-order chi connectivity index (χ0) is 61.6. The molecule has 5 heteroatoms. The molecular weight excluding hydrogens is 1030 g/mol. The van der Waals surface area contributed by atoms with Crippen molar-refractivity contribution in [2.75, 3.05) is 13.2 Å². The summed E-state index contributed by atoms with van der Waals surface area (Å²) >= 11 is 0. The number of rotatable bonds is 13. The molecule has 440 valence electrons. The maximum atomic E-state index is 11.8. The van der Waals surface area contributed by atoms with Crippen molar-refractivity contribution in [1.82, 2.24) is 0 Å². The summed E-state index contributed by atoms with van der Waals surface area (Å²) in [5, 5.41) is 0. The van der Waals surface area contributed by atoms with Crippen LogP contribution in [-0.2, 0) is 28.7 Å². The second-order valence-electron chi connectivity index (χ2n) is 22.1. The van der Waals surface area contributed by atoms with Gasteiger partial charge in [-0.3, -0.25) is 0 Å². The van der Waals surface area contributed by atoms with Crippen molar-refractivity contribution >= 4 is 11.9 Å². The molecule has 0 saturated carbocycles. The quantitative estimate of drug-likeness (QED) is 0.0850. The van der Waals surface area contributed by atoms with Gasteiger partial charge in [0.25, 0.3) is 0 Å². The van der Waals surface area contributed by atoms with Crippen LogP contribution < -0.4 is 4.74 Å². The predicted octanol–water partition coefficient (Wildman–Crippen LogP) is 20.7. The molecule has 0 N–H and O–H groups in total. The topological polar surface area (TPSA) is 61.8 Å². The van der Waals surface area contributed by atoms with E-state index in [2.05, 4.69) is 194 Å². The molecule has 0 aliphatic rings. The molecule has 9 rings (SSSR count). The zero-order valence-electron chi connectivity index (χ0n) is 53.5. The summed E-state index contributed by atoms with van der Waals surface area (Å²) < 4.78 is 16.1. The third-order valence-electron chi connectivity index (χ3n) is 14.4. The molecule has 5 nitrogen and oxygen atoms in total. The number of esters is 2. The van der Waals surface area contributed by atoms with Crippen molar-refractivity contribution in [3.05, 3.63) is 305 Å². The smallest absolute Gasteiger partial charge is 0.338 e. The van der Waals surface area contributed by atoms with Crippen molar-refractivity contribution in [1.29, 1.82) is 0 Å². The Balaban J connectivity index is 0.000000224. The molecule has 0 bridgehead atoms. The maximum absolute atomic E-state index is 11.8. The van der Waals surface area contributed by atoms with E-state index in [-0.39, 0.29) is 11.9 Å². The highest BCUT2D eigenvalue weighted by Crippen LogP contribution is 2.24. The average molecular weight is 1120 g/mol. The Hall–Kier alpha value is -8.28. The summed E-state index contributed by atoms with van der Waals surface area (Å²) in [6.07, 6.45) is 4.64. The fourth-order valence-electron chi connectivity index (χ4n) is 8.86. The third kappa shape index (κ3) is 25.5. The Bertz CT molecular complexity index is 3110. The van der Waals surface area contributed by atoms with E-state index in [0.717, 1.165) is 41.9 Å². The van der Waals surface area contributed by atoms with Gasteiger partial charge < -0.3 is 14.2 Å². The number of carbonyl (C=O) groups is 2. The molecule has 0 spiro atoms. The van der Waals surface area contributed by atoms with Gasteiger partial charge in [-0.15, -0.1) is 0 Å². The highest BCUT2D eigenvalue weighted by Gasteiger charge is 2.09. The minimum Gasteiger partial charge on any atom is -0.462 e. The lowest BCUT2D eigenvalue weighted by Crippen LogP contribution is -2.09. The molecule has 0 aliphatic carbocycles. The van der Waals surface area contributed by atoms with Gasteiger partial charge in [-0.2, -0.15) is 0 Å². The number of carbonyl (C=O) groups excluding carboxylic acids is 2. The van der Waals surface area contributed by atoms with Crippen LogP contribution >= 0.6 is 0 Å². The van der Waals surface area contributed by atoms with Crippen LogP contribution in [0.3, 0.4) is 0 Å². The van der Waals surface area contributed by atoms with E-state index in [1.165, 1.54) is 83.5 Å². The zero-order valence-corrected chi connectivity index (χ0v) is 53.5. The van der Waals surface area contributed by atoms with Crippen molar-refractivity contribution in [3.8, 4) is 11.5 Å². The molecule has 0 amide bonds. The third-order valence-corrected chi connectivity index (χ3v) is 14.4. The fraction of sp³-hybridized carbons (Fsp3) is 0.291. The molecule has 0 atom stereocenters. The Morgan fingerprint density at radius 3 is 1.02 bits per heavy atom. The van der Waals surface area contributed by atoms with Crippen LogP contribution in [-0.4, -0.2) is 25.2 Å². The Kier molecular flexibility index (Phi) is 29.5. The SMILES string of the molecule is CCc1cc(C)c(C)c(CC)c1C.Cc1ccc(C(=O)OCCCCOC(=O)c2ccc(C)cc2)cc1.Cc1ccc(C)c(C)c1.Cc1ccc(Cc2ccc(C)cc2)cc1.Cc1ccc(Oc2ccc(C)cc2)cc1.Cc1cccc(C)c1. The molecule has 84 heavy (non-hydrogen) atoms. The van der Waals surface area contributed by atoms with E-state index >= 15 is 0 Å². The molecule has 0 aliphatic heterocycles. The molecule has 0 fully saturated rings. The molecule has 0 heterocycles. The Morgan fingerprint density at radius 2 is 0.690 bits per heavy atom. The van der Waals surface area contributed by atoms with Gasteiger partial charge in [0.15, 0.2) is 0 Å². The molecule has 0 radical (unpaired) electrons. The Labute approximate surface area is 506 Å². The second-order valence-corrected chi connectivity index (χ2v) is 22.1. The standard InChI is InChI=1S/C20H22O4.C15H16.C14H14O.C13H20.C9H12.C8H10/c1-15-5-9-17(10-6-15)19(21)23-13-3-4-14-24-20(22)18-11-7-16(2)8-12-18;1-12-3-7-14(8-4-12)11-15-9-5-13(2)6-10-15;1-11-3-7-13(8-4-11)15-14-9-5-12(2)6-10-14;1-6-12-8-9(3)10(4)13(7-2)11(12)5;1-7-4-5-8(2)9(3)6-7;1-7-4-3-5-8(2)6-7/h5-12H,3-4,13-14H2,1-2H3;3-10H,11H2,1-2H3;3-10H,1-2H3;8H,6-7H2,1-5H3;4-6H,1-3H3;3-6H,1-2H3. The molecule has 0 aromatic heterocycles. The largest absolute Gasteiger partial charge is 0.462 e. The van der Waals surface area contributed by atoms with Crippen LogP contribution in [0, 0.1) is 96.9 Å². The van der Waals surface area contributed by atoms with Gasteiger partial charge >= 0.3 is 11.9 Å². The van der Waals surface area contributed by atoms with Crippen LogP contribution in [0.5, 0.6) is 11.5 Å². The van der Waals surface area contributed by atoms with Crippen LogP contribution in [0.1, 0.15) is 148 Å². The summed E-state index contributed by atoms with van der Waals surface area (Å²) in [6, 6.07) is 65.4. The maximum Gasteiger partial charge on any atom is 0.338 e. The van der Waals surface area contributed by atoms with E-state index in [0.29, 0.717) is 37.2 Å². The first-order valence-corrected chi connectivity index (χ1v) is 29.7. The normalized spacial score (nSPS) is 10.1. The van der Waals surface area contributed by atoms with Crippen molar-refractivity contribution in [2.24, 2.45) is 0 Å². The predicted molar refractivity (Wildman–Crippen MR) is 356 cm³/mol. The van der Waals surface area contributed by atoms with Gasteiger partial charge in [0.1, 0.15) is 11.5 Å². The highest BCUT2D eigenvalue weighted by molar-refractivity contribution is 5.90. The highest BCUT2D eigenvalue weighted by atomic mass is 16.5. The summed E-state index contributed by atoms with van der Waals surface area (Å²) in [4.78, 5) is 23.6. The van der Waals surface area contributed by atoms with E-state index in [4.69, 9.17) is 14.2 Å². The fourth-order valence-corrected chi connectivity index (χ4v) is 8.86. The van der Waals surface area contributed by atoms with Crippen LogP contribution in [0.15, 0.2) is 194 Å². The van der Waals surface area contributed by atoms with Crippen LogP contribution in [0.25, 0.3) is 0 Å². The van der Waals surface area contributed by atoms with Crippen LogP contribution in [0.2, 0.25) is 0 Å². The van der Waals surface area contributed by atoms with Crippen LogP contribution in [0.4, 0.5) is 0 Å². The number of unbranched alkanes of at least 4 members (excludes halogenated alkanes) is 1. The van der Waals surface area contributed by atoms with Gasteiger partial charge in [0.2, 0.25) is 0 Å². The lowest BCUT2D eigenvalue weighted by Gasteiger charge is -2.14. The lowest BCUT2D eigenvalue weighted by molar-refractivity contribution is 0.0432. The first kappa shape index (κ1) is 68.2. The van der Waals surface area contributed by atoms with E-state index in [1.54, 1.807) is 29.8 Å². The van der Waals surface area contributed by atoms with Gasteiger partial charge in [-0.05, 0) is 228 Å². The van der Waals surface area contributed by atoms with Gasteiger partial charge in [0.05, 0.1) is 24.3 Å². The summed E-state index contributed by atoms with van der Waals surface area (Å²) in [6.45, 7) is 34.7. The van der Waals surface area contributed by atoms with E-state index < -0.39 is 0 Å². The molecule has 9 aromatic carbocycles. The van der Waals surface area contributed by atoms with Crippen molar-refractivity contribution in [3.63, 3.8) is 0 Å². The van der Waals surface area contributed by atoms with E-state index in [9.17, 15) is 9.59 Å². The number of hydrogen-bond donors (Lipinski definition) is 0. The summed E-state index contributed by atoms with van der Waals surface area (Å²) in [5.41, 5.74) is 25.5. The molecule has 0 saturated heterocycles. The van der Waals surface area contributed by atoms with Gasteiger partial charge in [0, 0.05) is 0 Å². The monoisotopic (exact) mass is 1120 g/mol. The average Bonchev–Trinajstić information content (AvgIpc) is 3.63. The van der Waals surface area contributed by atoms with Gasteiger partial charge in [-0.25, -0.2) is 9.59 Å². The number of hydrogen-bond acceptors (Lipinski definition) is 5. The number of benzene rings is 9. The van der Waals surface area contributed by atoms with E-state index in [1.807, 2.05) is 86.6 Å². The minimum absolute atomic E-state index is 0.314. The first-order valence-electron chi connectivity index (χ1n) is 29.7. The first-order chi connectivity index (χ1) is 40.1. The van der Waals surface area contributed by atoms with Crippen molar-refractivity contribution in [2.45, 2.75) is 143 Å². The summed E-state index contributed by atoms with van der Waals surface area (Å²) in [5.74, 6) is 1.10. The Morgan fingerprint density at radius 1 is 0.333 bits per heavy atom. The van der Waals surface area contributed by atoms with Crippen molar-refractivity contribution < 1.29 is 23.8 Å². The number of ether oxygens (including phenoxy) is 3. The second kappa shape index (κ2) is 36.3. The molecule has 0 unspecified atom stereocenters. The lowest BCUT2D eigenvalue weighted by atomic mass is 9.91. The van der Waals surface area contributed by atoms with Gasteiger partial charge in [-0.1, -0.05) is 210 Å². The molecule has 9 aromatic rings. The summed E-state index contributed by atoms with van der Waals surface area (Å²) in [7, 11) is 0. The number of aryl methyl sites for hydroxylation is 13.